The van der Waals surface area contributed by atoms with Gasteiger partial charge in [0.25, 0.3) is 0 Å². The van der Waals surface area contributed by atoms with Gasteiger partial charge < -0.3 is 0 Å². The van der Waals surface area contributed by atoms with Crippen molar-refractivity contribution in [3.8, 4) is 6.07 Å². The molecule has 0 N–H and O–H groups in total. The van der Waals surface area contributed by atoms with Crippen molar-refractivity contribution in [2.24, 2.45) is 5.10 Å². The molecule has 3 heteroatoms. The fourth-order valence-electron chi connectivity index (χ4n) is 2.19. The molecule has 3 nitrogen and oxygen atoms in total. The number of anilines is 1. The van der Waals surface area contributed by atoms with Crippen molar-refractivity contribution in [3.05, 3.63) is 65.7 Å². The highest BCUT2D eigenvalue weighted by Gasteiger charge is 2.16. The number of benzene rings is 2. The molecule has 0 radical (unpaired) electrons. The minimum Gasteiger partial charge on any atom is -0.265 e. The molecule has 0 amide bonds. The number of nitrogens with zero attached hydrogens (tertiary/aromatic N) is 3. The first-order chi connectivity index (χ1) is 9.36. The van der Waals surface area contributed by atoms with Crippen LogP contribution in [0.15, 0.2) is 59.7 Å². The van der Waals surface area contributed by atoms with Crippen molar-refractivity contribution in [3.63, 3.8) is 0 Å². The van der Waals surface area contributed by atoms with Crippen molar-refractivity contribution >= 4 is 11.4 Å². The second kappa shape index (κ2) is 4.95. The Hall–Kier alpha value is -2.60. The molecule has 0 fully saturated rings. The summed E-state index contributed by atoms with van der Waals surface area (Å²) in [5.41, 5.74) is 4.00. The van der Waals surface area contributed by atoms with E-state index in [-0.39, 0.29) is 0 Å². The predicted molar refractivity (Wildman–Crippen MR) is 76.1 cm³/mol. The number of nitriles is 1. The van der Waals surface area contributed by atoms with Crippen molar-refractivity contribution in [2.75, 3.05) is 11.6 Å². The smallest absolute Gasteiger partial charge is 0.0991 e. The summed E-state index contributed by atoms with van der Waals surface area (Å²) in [6.45, 7) is 0.885. The van der Waals surface area contributed by atoms with Crippen LogP contribution < -0.4 is 5.01 Å². The summed E-state index contributed by atoms with van der Waals surface area (Å²) >= 11 is 0. The van der Waals surface area contributed by atoms with E-state index in [4.69, 9.17) is 5.26 Å². The van der Waals surface area contributed by atoms with Crippen LogP contribution in [-0.4, -0.2) is 12.3 Å². The van der Waals surface area contributed by atoms with Crippen LogP contribution in [0.5, 0.6) is 0 Å². The van der Waals surface area contributed by atoms with Crippen LogP contribution in [0.4, 0.5) is 5.69 Å². The summed E-state index contributed by atoms with van der Waals surface area (Å²) in [5, 5.41) is 15.4. The van der Waals surface area contributed by atoms with Gasteiger partial charge in [0, 0.05) is 13.0 Å². The lowest BCUT2D eigenvalue weighted by atomic mass is 10.1. The average Bonchev–Trinajstić information content (AvgIpc) is 2.98. The van der Waals surface area contributed by atoms with Crippen LogP contribution >= 0.6 is 0 Å². The van der Waals surface area contributed by atoms with E-state index in [1.54, 1.807) is 0 Å². The molecular weight excluding hydrogens is 234 g/mol. The van der Waals surface area contributed by atoms with Gasteiger partial charge in [0.15, 0.2) is 0 Å². The Balaban J connectivity index is 1.84. The van der Waals surface area contributed by atoms with Gasteiger partial charge in [-0.05, 0) is 29.8 Å². The second-order valence-electron chi connectivity index (χ2n) is 4.44. The Kier molecular flexibility index (Phi) is 2.99. The topological polar surface area (TPSA) is 39.4 Å². The molecule has 2 aromatic rings. The van der Waals surface area contributed by atoms with Gasteiger partial charge in [-0.25, -0.2) is 0 Å². The van der Waals surface area contributed by atoms with Crippen molar-refractivity contribution in [1.82, 2.24) is 0 Å². The standard InChI is InChI=1S/C16H13N3/c17-12-13-6-8-15(9-7-13)19-11-10-16(18-19)14-4-2-1-3-5-14/h1-9H,10-11H2. The first-order valence-corrected chi connectivity index (χ1v) is 6.27. The molecule has 3 rings (SSSR count). The zero-order valence-corrected chi connectivity index (χ0v) is 10.5. The molecule has 0 unspecified atom stereocenters. The van der Waals surface area contributed by atoms with Gasteiger partial charge in [0.2, 0.25) is 0 Å². The van der Waals surface area contributed by atoms with E-state index >= 15 is 0 Å². The minimum absolute atomic E-state index is 0.676. The van der Waals surface area contributed by atoms with E-state index in [0.29, 0.717) is 5.56 Å². The van der Waals surface area contributed by atoms with Crippen molar-refractivity contribution in [1.29, 1.82) is 5.26 Å². The van der Waals surface area contributed by atoms with Gasteiger partial charge in [0.1, 0.15) is 0 Å². The molecule has 92 valence electrons. The molecule has 0 bridgehead atoms. The Morgan fingerprint density at radius 1 is 1.00 bits per heavy atom. The molecule has 2 aromatic carbocycles. The predicted octanol–water partition coefficient (Wildman–Crippen LogP) is 3.17. The van der Waals surface area contributed by atoms with E-state index in [0.717, 1.165) is 24.4 Å². The summed E-state index contributed by atoms with van der Waals surface area (Å²) in [4.78, 5) is 0. The summed E-state index contributed by atoms with van der Waals surface area (Å²) in [6, 6.07) is 19.9. The Bertz CT molecular complexity index is 636. The Labute approximate surface area is 112 Å². The van der Waals surface area contributed by atoms with E-state index < -0.39 is 0 Å². The molecule has 0 saturated heterocycles. The van der Waals surface area contributed by atoms with Crippen LogP contribution in [-0.2, 0) is 0 Å². The van der Waals surface area contributed by atoms with E-state index in [2.05, 4.69) is 23.3 Å². The number of hydrogen-bond acceptors (Lipinski definition) is 3. The Morgan fingerprint density at radius 2 is 1.74 bits per heavy atom. The molecule has 0 atom stereocenters. The zero-order chi connectivity index (χ0) is 13.1. The van der Waals surface area contributed by atoms with Crippen LogP contribution in [0, 0.1) is 11.3 Å². The first kappa shape index (κ1) is 11.5. The van der Waals surface area contributed by atoms with Crippen LogP contribution in [0.2, 0.25) is 0 Å². The molecule has 0 aliphatic carbocycles. The van der Waals surface area contributed by atoms with Gasteiger partial charge in [-0.1, -0.05) is 30.3 Å². The highest BCUT2D eigenvalue weighted by atomic mass is 15.5. The van der Waals surface area contributed by atoms with E-state index in [9.17, 15) is 0 Å². The highest BCUT2D eigenvalue weighted by Crippen LogP contribution is 2.21. The highest BCUT2D eigenvalue weighted by molar-refractivity contribution is 6.02. The van der Waals surface area contributed by atoms with Crippen molar-refractivity contribution in [2.45, 2.75) is 6.42 Å². The quantitative estimate of drug-likeness (QED) is 0.817. The lowest BCUT2D eigenvalue weighted by Gasteiger charge is -2.12. The minimum atomic E-state index is 0.676. The number of rotatable bonds is 2. The third kappa shape index (κ3) is 2.34. The van der Waals surface area contributed by atoms with Crippen LogP contribution in [0.1, 0.15) is 17.5 Å². The van der Waals surface area contributed by atoms with E-state index in [1.807, 2.05) is 47.5 Å². The number of hydrogen-bond donors (Lipinski definition) is 0. The maximum absolute atomic E-state index is 8.79. The van der Waals surface area contributed by atoms with Crippen LogP contribution in [0.3, 0.4) is 0 Å². The molecular formula is C16H13N3. The third-order valence-electron chi connectivity index (χ3n) is 3.20. The average molecular weight is 247 g/mol. The third-order valence-corrected chi connectivity index (χ3v) is 3.20. The fraction of sp³-hybridized carbons (Fsp3) is 0.125. The van der Waals surface area contributed by atoms with Gasteiger partial charge in [-0.3, -0.25) is 5.01 Å². The van der Waals surface area contributed by atoms with Gasteiger partial charge in [-0.15, -0.1) is 0 Å². The first-order valence-electron chi connectivity index (χ1n) is 6.27. The fourth-order valence-corrected chi connectivity index (χ4v) is 2.19. The number of hydrazone groups is 1. The molecule has 19 heavy (non-hydrogen) atoms. The summed E-state index contributed by atoms with van der Waals surface area (Å²) in [6.07, 6.45) is 0.948. The maximum atomic E-state index is 8.79. The van der Waals surface area contributed by atoms with Gasteiger partial charge in [-0.2, -0.15) is 10.4 Å². The summed E-state index contributed by atoms with van der Waals surface area (Å²) in [7, 11) is 0. The molecule has 0 saturated carbocycles. The monoisotopic (exact) mass is 247 g/mol. The second-order valence-corrected chi connectivity index (χ2v) is 4.44. The normalized spacial score (nSPS) is 14.1. The van der Waals surface area contributed by atoms with Gasteiger partial charge in [0.05, 0.1) is 23.0 Å². The maximum Gasteiger partial charge on any atom is 0.0991 e. The summed E-state index contributed by atoms with van der Waals surface area (Å²) in [5.74, 6) is 0. The van der Waals surface area contributed by atoms with Crippen molar-refractivity contribution < 1.29 is 0 Å². The van der Waals surface area contributed by atoms with Crippen LogP contribution in [0.25, 0.3) is 0 Å². The van der Waals surface area contributed by atoms with Gasteiger partial charge >= 0.3 is 0 Å². The SMILES string of the molecule is N#Cc1ccc(N2CCC(c3ccccc3)=N2)cc1. The zero-order valence-electron chi connectivity index (χ0n) is 10.5. The molecule has 0 spiro atoms. The summed E-state index contributed by atoms with van der Waals surface area (Å²) < 4.78 is 0. The molecule has 0 aromatic heterocycles. The lowest BCUT2D eigenvalue weighted by molar-refractivity contribution is 0.922. The van der Waals surface area contributed by atoms with E-state index in [1.165, 1.54) is 5.56 Å². The largest absolute Gasteiger partial charge is 0.265 e. The molecule has 1 aliphatic heterocycles. The molecule has 1 heterocycles. The molecule has 1 aliphatic rings. The lowest BCUT2D eigenvalue weighted by Crippen LogP contribution is -2.11. The Morgan fingerprint density at radius 3 is 2.42 bits per heavy atom.